The summed E-state index contributed by atoms with van der Waals surface area (Å²) in [6, 6.07) is 16.7. The zero-order chi connectivity index (χ0) is 21.1. The predicted octanol–water partition coefficient (Wildman–Crippen LogP) is 4.62. The summed E-state index contributed by atoms with van der Waals surface area (Å²) in [6.07, 6.45) is 7.00. The lowest BCUT2D eigenvalue weighted by Gasteiger charge is -2.30. The van der Waals surface area contributed by atoms with Gasteiger partial charge in [0, 0.05) is 25.2 Å². The minimum atomic E-state index is -3.62. The molecule has 0 bridgehead atoms. The maximum atomic E-state index is 13.3. The van der Waals surface area contributed by atoms with Crippen molar-refractivity contribution >= 4 is 15.9 Å². The van der Waals surface area contributed by atoms with E-state index >= 15 is 0 Å². The van der Waals surface area contributed by atoms with E-state index in [1.807, 2.05) is 23.1 Å². The van der Waals surface area contributed by atoms with E-state index in [0.29, 0.717) is 12.1 Å². The average Bonchev–Trinajstić information content (AvgIpc) is 3.29. The monoisotopic (exact) mass is 426 g/mol. The van der Waals surface area contributed by atoms with Crippen LogP contribution in [0.3, 0.4) is 0 Å². The van der Waals surface area contributed by atoms with Crippen molar-refractivity contribution in [2.75, 3.05) is 13.6 Å². The largest absolute Gasteiger partial charge is 0.332 e. The normalized spacial score (nSPS) is 20.6. The minimum absolute atomic E-state index is 0.0453. The molecule has 2 fully saturated rings. The number of benzene rings is 2. The van der Waals surface area contributed by atoms with Crippen LogP contribution < -0.4 is 0 Å². The van der Waals surface area contributed by atoms with Crippen LogP contribution >= 0.6 is 0 Å². The first-order valence-electron chi connectivity index (χ1n) is 10.9. The highest BCUT2D eigenvalue weighted by atomic mass is 32.2. The number of carbonyl (C=O) groups is 1. The Morgan fingerprint density at radius 2 is 1.67 bits per heavy atom. The molecule has 2 aromatic carbocycles. The summed E-state index contributed by atoms with van der Waals surface area (Å²) in [5.41, 5.74) is 1.57. The first kappa shape index (κ1) is 21.1. The number of hydrogen-bond acceptors (Lipinski definition) is 3. The lowest BCUT2D eigenvalue weighted by atomic mass is 9.96. The molecule has 0 radical (unpaired) electrons. The number of nitrogens with zero attached hydrogens (tertiary/aromatic N) is 2. The molecule has 0 aromatic heterocycles. The smallest absolute Gasteiger partial charge is 0.254 e. The number of rotatable bonds is 5. The quantitative estimate of drug-likeness (QED) is 0.701. The third-order valence-corrected chi connectivity index (χ3v) is 8.45. The molecule has 6 heteroatoms. The number of hydrogen-bond donors (Lipinski definition) is 0. The van der Waals surface area contributed by atoms with E-state index in [2.05, 4.69) is 12.1 Å². The molecule has 4 rings (SSSR count). The van der Waals surface area contributed by atoms with Crippen LogP contribution in [0.25, 0.3) is 0 Å². The van der Waals surface area contributed by atoms with Crippen LogP contribution in [0.4, 0.5) is 0 Å². The fourth-order valence-corrected chi connectivity index (χ4v) is 6.26. The Bertz CT molecular complexity index is 985. The van der Waals surface area contributed by atoms with Gasteiger partial charge in [-0.25, -0.2) is 8.42 Å². The highest BCUT2D eigenvalue weighted by Gasteiger charge is 2.32. The van der Waals surface area contributed by atoms with E-state index in [-0.39, 0.29) is 22.9 Å². The van der Waals surface area contributed by atoms with Crippen molar-refractivity contribution in [3.63, 3.8) is 0 Å². The van der Waals surface area contributed by atoms with Gasteiger partial charge in [0.2, 0.25) is 10.0 Å². The van der Waals surface area contributed by atoms with Gasteiger partial charge in [0.05, 0.1) is 10.9 Å². The standard InChI is InChI=1S/C24H30N2O3S/c1-25(21-13-6-3-7-14-21)30(28,29)22-15-8-12-20(18-22)24(27)26-17-9-16-23(26)19-10-4-2-5-11-19/h2,4-5,8,10-12,15,18,21,23H,3,6-7,9,13-14,16-17H2,1H3. The van der Waals surface area contributed by atoms with E-state index in [4.69, 9.17) is 0 Å². The van der Waals surface area contributed by atoms with Crippen LogP contribution in [0.2, 0.25) is 0 Å². The molecule has 1 saturated carbocycles. The van der Waals surface area contributed by atoms with Crippen molar-refractivity contribution in [2.24, 2.45) is 0 Å². The summed E-state index contributed by atoms with van der Waals surface area (Å²) < 4.78 is 27.9. The molecule has 2 aromatic rings. The van der Waals surface area contributed by atoms with Crippen LogP contribution in [0.1, 0.15) is 66.9 Å². The molecule has 1 atom stereocenters. The second-order valence-corrected chi connectivity index (χ2v) is 10.4. The molecule has 160 valence electrons. The number of amides is 1. The average molecular weight is 427 g/mol. The summed E-state index contributed by atoms with van der Waals surface area (Å²) in [7, 11) is -1.95. The zero-order valence-electron chi connectivity index (χ0n) is 17.5. The molecular weight excluding hydrogens is 396 g/mol. The Hall–Kier alpha value is -2.18. The molecule has 1 unspecified atom stereocenters. The van der Waals surface area contributed by atoms with Crippen molar-refractivity contribution < 1.29 is 13.2 Å². The molecule has 1 saturated heterocycles. The van der Waals surface area contributed by atoms with Gasteiger partial charge in [-0.3, -0.25) is 4.79 Å². The van der Waals surface area contributed by atoms with Gasteiger partial charge in [-0.1, -0.05) is 55.7 Å². The predicted molar refractivity (Wildman–Crippen MR) is 118 cm³/mol. The highest BCUT2D eigenvalue weighted by molar-refractivity contribution is 7.89. The van der Waals surface area contributed by atoms with Crippen LogP contribution in [0.15, 0.2) is 59.5 Å². The summed E-state index contributed by atoms with van der Waals surface area (Å²) >= 11 is 0. The van der Waals surface area contributed by atoms with Gasteiger partial charge in [-0.05, 0) is 49.4 Å². The van der Waals surface area contributed by atoms with Crippen molar-refractivity contribution in [1.29, 1.82) is 0 Å². The van der Waals surface area contributed by atoms with E-state index in [1.54, 1.807) is 31.3 Å². The summed E-state index contributed by atoms with van der Waals surface area (Å²) in [4.78, 5) is 15.4. The van der Waals surface area contributed by atoms with Crippen LogP contribution in [-0.4, -0.2) is 43.2 Å². The van der Waals surface area contributed by atoms with Gasteiger partial charge in [-0.2, -0.15) is 4.31 Å². The van der Waals surface area contributed by atoms with E-state index in [9.17, 15) is 13.2 Å². The molecule has 0 spiro atoms. The second kappa shape index (κ2) is 8.90. The van der Waals surface area contributed by atoms with Crippen molar-refractivity contribution in [1.82, 2.24) is 9.21 Å². The van der Waals surface area contributed by atoms with Crippen molar-refractivity contribution in [2.45, 2.75) is 61.9 Å². The zero-order valence-corrected chi connectivity index (χ0v) is 18.4. The summed E-state index contributed by atoms with van der Waals surface area (Å²) in [6.45, 7) is 0.692. The Kier molecular flexibility index (Phi) is 6.25. The molecule has 1 aliphatic carbocycles. The molecular formula is C24H30N2O3S. The van der Waals surface area contributed by atoms with Gasteiger partial charge in [-0.15, -0.1) is 0 Å². The van der Waals surface area contributed by atoms with Gasteiger partial charge in [0.15, 0.2) is 0 Å². The number of likely N-dealkylation sites (tertiary alicyclic amines) is 1. The van der Waals surface area contributed by atoms with Crippen molar-refractivity contribution in [3.8, 4) is 0 Å². The topological polar surface area (TPSA) is 57.7 Å². The maximum Gasteiger partial charge on any atom is 0.254 e. The Balaban J connectivity index is 1.57. The Morgan fingerprint density at radius 1 is 0.933 bits per heavy atom. The third kappa shape index (κ3) is 4.16. The number of carbonyl (C=O) groups excluding carboxylic acids is 1. The van der Waals surface area contributed by atoms with Gasteiger partial charge < -0.3 is 4.90 Å². The van der Waals surface area contributed by atoms with Crippen LogP contribution in [0.5, 0.6) is 0 Å². The lowest BCUT2D eigenvalue weighted by Crippen LogP contribution is -2.38. The fourth-order valence-electron chi connectivity index (χ4n) is 4.79. The molecule has 30 heavy (non-hydrogen) atoms. The highest BCUT2D eigenvalue weighted by Crippen LogP contribution is 2.33. The summed E-state index contributed by atoms with van der Waals surface area (Å²) in [5, 5.41) is 0. The lowest BCUT2D eigenvalue weighted by molar-refractivity contribution is 0.0735. The van der Waals surface area contributed by atoms with Gasteiger partial charge in [0.25, 0.3) is 5.91 Å². The molecule has 1 amide bonds. The minimum Gasteiger partial charge on any atom is -0.332 e. The van der Waals surface area contributed by atoms with Gasteiger partial charge >= 0.3 is 0 Å². The van der Waals surface area contributed by atoms with E-state index in [0.717, 1.165) is 44.1 Å². The first-order valence-corrected chi connectivity index (χ1v) is 12.4. The van der Waals surface area contributed by atoms with E-state index in [1.165, 1.54) is 10.7 Å². The number of sulfonamides is 1. The maximum absolute atomic E-state index is 13.3. The van der Waals surface area contributed by atoms with Crippen LogP contribution in [0, 0.1) is 0 Å². The molecule has 5 nitrogen and oxygen atoms in total. The molecule has 0 N–H and O–H groups in total. The van der Waals surface area contributed by atoms with Gasteiger partial charge in [0.1, 0.15) is 0 Å². The summed E-state index contributed by atoms with van der Waals surface area (Å²) in [5.74, 6) is -0.0984. The van der Waals surface area contributed by atoms with E-state index < -0.39 is 10.0 Å². The first-order chi connectivity index (χ1) is 14.5. The Labute approximate surface area is 179 Å². The Morgan fingerprint density at radius 3 is 2.40 bits per heavy atom. The third-order valence-electron chi connectivity index (χ3n) is 6.54. The fraction of sp³-hybridized carbons (Fsp3) is 0.458. The molecule has 1 aliphatic heterocycles. The van der Waals surface area contributed by atoms with Crippen molar-refractivity contribution in [3.05, 3.63) is 65.7 Å². The second-order valence-electron chi connectivity index (χ2n) is 8.41. The molecule has 2 aliphatic rings. The SMILES string of the molecule is CN(C1CCCCC1)S(=O)(=O)c1cccc(C(=O)N2CCCC2c2ccccc2)c1. The van der Waals surface area contributed by atoms with Crippen LogP contribution in [-0.2, 0) is 10.0 Å². The molecule has 1 heterocycles.